The van der Waals surface area contributed by atoms with E-state index in [0.717, 1.165) is 25.6 Å². The molecule has 0 aliphatic rings. The number of ether oxygens (including phenoxy) is 1. The normalized spacial score (nSPS) is 11.2. The Morgan fingerprint density at radius 1 is 1.44 bits per heavy atom. The number of amides is 1. The maximum Gasteiger partial charge on any atom is 0.407 e. The van der Waals surface area contributed by atoms with Crippen LogP contribution in [0.3, 0.4) is 0 Å². The molecule has 0 fully saturated rings. The maximum atomic E-state index is 11.1. The number of nitrogens with one attached hydrogen (secondary N) is 1. The van der Waals surface area contributed by atoms with Gasteiger partial charge in [0, 0.05) is 19.7 Å². The Balaban J connectivity index is 3.17. The summed E-state index contributed by atoms with van der Waals surface area (Å²) in [6, 6.07) is 1.10. The zero-order valence-electron chi connectivity index (χ0n) is 10.6. The van der Waals surface area contributed by atoms with Crippen LogP contribution in [0.4, 0.5) is 4.79 Å². The van der Waals surface area contributed by atoms with Gasteiger partial charge >= 0.3 is 6.09 Å². The molecule has 5 nitrogen and oxygen atoms in total. The van der Waals surface area contributed by atoms with Gasteiger partial charge in [-0.15, -0.1) is 0 Å². The van der Waals surface area contributed by atoms with Gasteiger partial charge < -0.3 is 19.4 Å². The van der Waals surface area contributed by atoms with Crippen LogP contribution >= 0.6 is 0 Å². The molecule has 0 saturated carbocycles. The van der Waals surface area contributed by atoms with E-state index < -0.39 is 0 Å². The second kappa shape index (κ2) is 10.9. The molecular weight excluding hydrogens is 224 g/mol. The fourth-order valence-corrected chi connectivity index (χ4v) is 1.98. The summed E-state index contributed by atoms with van der Waals surface area (Å²) in [6.45, 7) is 4.69. The van der Waals surface area contributed by atoms with Crippen molar-refractivity contribution in [3.05, 3.63) is 0 Å². The van der Waals surface area contributed by atoms with Gasteiger partial charge in [-0.1, -0.05) is 0 Å². The van der Waals surface area contributed by atoms with E-state index in [4.69, 9.17) is 9.16 Å². The highest BCUT2D eigenvalue weighted by atomic mass is 28.2. The summed E-state index contributed by atoms with van der Waals surface area (Å²) < 4.78 is 10.3. The molecule has 0 aliphatic carbocycles. The molecule has 1 N–H and O–H groups in total. The SMILES string of the molecule is CCO[SiH2]CCCNC(=O)OCCN(C)C. The third-order valence-corrected chi connectivity index (χ3v) is 3.45. The largest absolute Gasteiger partial charge is 0.448 e. The van der Waals surface area contributed by atoms with Crippen molar-refractivity contribution in [2.75, 3.05) is 40.4 Å². The van der Waals surface area contributed by atoms with Gasteiger partial charge in [0.15, 0.2) is 9.76 Å². The van der Waals surface area contributed by atoms with Crippen LogP contribution in [0.1, 0.15) is 13.3 Å². The molecular formula is C10H24N2O3Si. The third-order valence-electron chi connectivity index (χ3n) is 1.96. The standard InChI is InChI=1S/C10H24N2O3Si/c1-4-15-16-9-5-6-11-10(13)14-8-7-12(2)3/h4-9,16H2,1-3H3,(H,11,13). The zero-order valence-corrected chi connectivity index (χ0v) is 12.0. The van der Waals surface area contributed by atoms with Gasteiger partial charge in [-0.25, -0.2) is 4.79 Å². The van der Waals surface area contributed by atoms with E-state index in [9.17, 15) is 4.79 Å². The molecule has 0 heterocycles. The van der Waals surface area contributed by atoms with E-state index in [-0.39, 0.29) is 15.9 Å². The van der Waals surface area contributed by atoms with Crippen LogP contribution in [0.2, 0.25) is 6.04 Å². The van der Waals surface area contributed by atoms with E-state index in [2.05, 4.69) is 5.32 Å². The van der Waals surface area contributed by atoms with E-state index >= 15 is 0 Å². The van der Waals surface area contributed by atoms with E-state index in [0.29, 0.717) is 13.2 Å². The highest BCUT2D eigenvalue weighted by molar-refractivity contribution is 6.26. The Morgan fingerprint density at radius 2 is 2.19 bits per heavy atom. The molecule has 0 aromatic heterocycles. The monoisotopic (exact) mass is 248 g/mol. The van der Waals surface area contributed by atoms with E-state index in [1.165, 1.54) is 0 Å². The summed E-state index contributed by atoms with van der Waals surface area (Å²) in [4.78, 5) is 13.1. The highest BCUT2D eigenvalue weighted by Crippen LogP contribution is 1.88. The Hall–Kier alpha value is -0.593. The number of hydrogen-bond acceptors (Lipinski definition) is 4. The number of alkyl carbamates (subject to hydrolysis) is 1. The molecule has 6 heteroatoms. The molecule has 0 aromatic rings. The van der Waals surface area contributed by atoms with Crippen LogP contribution in [0.5, 0.6) is 0 Å². The van der Waals surface area contributed by atoms with Crippen molar-refractivity contribution in [3.8, 4) is 0 Å². The maximum absolute atomic E-state index is 11.1. The van der Waals surface area contributed by atoms with Crippen molar-refractivity contribution >= 4 is 15.9 Å². The van der Waals surface area contributed by atoms with Crippen LogP contribution in [0.15, 0.2) is 0 Å². The number of carbonyl (C=O) groups excluding carboxylic acids is 1. The Kier molecular flexibility index (Phi) is 10.5. The van der Waals surface area contributed by atoms with Crippen LogP contribution in [0.25, 0.3) is 0 Å². The first-order chi connectivity index (χ1) is 7.66. The summed E-state index contributed by atoms with van der Waals surface area (Å²) >= 11 is 0. The van der Waals surface area contributed by atoms with Gasteiger partial charge in [-0.05, 0) is 33.5 Å². The topological polar surface area (TPSA) is 50.8 Å². The van der Waals surface area contributed by atoms with Crippen LogP contribution in [-0.4, -0.2) is 61.2 Å². The highest BCUT2D eigenvalue weighted by Gasteiger charge is 2.00. The van der Waals surface area contributed by atoms with Crippen LogP contribution in [-0.2, 0) is 9.16 Å². The van der Waals surface area contributed by atoms with Gasteiger partial charge in [0.05, 0.1) is 0 Å². The second-order valence-corrected chi connectivity index (χ2v) is 5.29. The molecule has 0 radical (unpaired) electrons. The lowest BCUT2D eigenvalue weighted by Gasteiger charge is -2.10. The van der Waals surface area contributed by atoms with Crippen LogP contribution < -0.4 is 5.32 Å². The van der Waals surface area contributed by atoms with Crippen molar-refractivity contribution in [2.45, 2.75) is 19.4 Å². The number of hydrogen-bond donors (Lipinski definition) is 1. The summed E-state index contributed by atoms with van der Waals surface area (Å²) in [7, 11) is 3.53. The number of nitrogens with zero attached hydrogens (tertiary/aromatic N) is 1. The van der Waals surface area contributed by atoms with Crippen molar-refractivity contribution in [1.29, 1.82) is 0 Å². The lowest BCUT2D eigenvalue weighted by molar-refractivity contribution is 0.137. The Labute approximate surface area is 100 Å². The third kappa shape index (κ3) is 11.5. The zero-order chi connectivity index (χ0) is 12.2. The smallest absolute Gasteiger partial charge is 0.407 e. The molecule has 0 aromatic carbocycles. The van der Waals surface area contributed by atoms with Gasteiger partial charge in [-0.3, -0.25) is 0 Å². The van der Waals surface area contributed by atoms with Crippen LogP contribution in [0, 0.1) is 0 Å². The van der Waals surface area contributed by atoms with Gasteiger partial charge in [0.2, 0.25) is 0 Å². The molecule has 0 bridgehead atoms. The summed E-state index contributed by atoms with van der Waals surface area (Å²) in [5, 5.41) is 2.72. The predicted octanol–water partition coefficient (Wildman–Crippen LogP) is 0.203. The molecule has 0 atom stereocenters. The summed E-state index contributed by atoms with van der Waals surface area (Å²) in [5.74, 6) is 0. The Morgan fingerprint density at radius 3 is 2.81 bits per heavy atom. The van der Waals surface area contributed by atoms with Crippen molar-refractivity contribution in [2.24, 2.45) is 0 Å². The molecule has 0 unspecified atom stereocenters. The number of likely N-dealkylation sites (N-methyl/N-ethyl adjacent to an activating group) is 1. The average Bonchev–Trinajstić information content (AvgIpc) is 2.22. The molecule has 16 heavy (non-hydrogen) atoms. The molecule has 96 valence electrons. The minimum atomic E-state index is -0.359. The summed E-state index contributed by atoms with van der Waals surface area (Å²) in [6.07, 6.45) is 0.662. The quantitative estimate of drug-likeness (QED) is 0.468. The minimum Gasteiger partial charge on any atom is -0.448 e. The Bertz CT molecular complexity index is 179. The fraction of sp³-hybridized carbons (Fsp3) is 0.900. The second-order valence-electron chi connectivity index (χ2n) is 3.77. The molecule has 0 rings (SSSR count). The fourth-order valence-electron chi connectivity index (χ4n) is 1.04. The lowest BCUT2D eigenvalue weighted by atomic mass is 10.5. The predicted molar refractivity (Wildman–Crippen MR) is 67.5 cm³/mol. The molecule has 0 aliphatic heterocycles. The van der Waals surface area contributed by atoms with E-state index in [1.807, 2.05) is 25.9 Å². The number of carbonyl (C=O) groups is 1. The van der Waals surface area contributed by atoms with E-state index in [1.54, 1.807) is 0 Å². The molecule has 1 amide bonds. The van der Waals surface area contributed by atoms with Gasteiger partial charge in [0.1, 0.15) is 6.61 Å². The summed E-state index contributed by atoms with van der Waals surface area (Å²) in [5.41, 5.74) is 0. The number of rotatable bonds is 9. The van der Waals surface area contributed by atoms with Crippen molar-refractivity contribution < 1.29 is 14.0 Å². The first-order valence-electron chi connectivity index (χ1n) is 5.80. The van der Waals surface area contributed by atoms with Gasteiger partial charge in [0.25, 0.3) is 0 Å². The molecule has 0 saturated heterocycles. The lowest BCUT2D eigenvalue weighted by Crippen LogP contribution is -2.28. The molecule has 0 spiro atoms. The first kappa shape index (κ1) is 15.4. The van der Waals surface area contributed by atoms with Crippen molar-refractivity contribution in [3.63, 3.8) is 0 Å². The minimum absolute atomic E-state index is 0.320. The first-order valence-corrected chi connectivity index (χ1v) is 7.37. The van der Waals surface area contributed by atoms with Gasteiger partial charge in [-0.2, -0.15) is 0 Å². The van der Waals surface area contributed by atoms with Crippen molar-refractivity contribution in [1.82, 2.24) is 10.2 Å². The average molecular weight is 248 g/mol.